The highest BCUT2D eigenvalue weighted by Gasteiger charge is 2.22. The number of nitrogens with one attached hydrogen (secondary N) is 3. The molecule has 1 unspecified atom stereocenters. The molecule has 0 spiro atoms. The molecule has 0 aliphatic rings. The van der Waals surface area contributed by atoms with E-state index in [2.05, 4.69) is 20.9 Å². The van der Waals surface area contributed by atoms with E-state index in [0.29, 0.717) is 23.9 Å². The number of nitrogens with zero attached hydrogens (tertiary/aromatic N) is 2. The quantitative estimate of drug-likeness (QED) is 0.154. The predicted octanol–water partition coefficient (Wildman–Crippen LogP) is 6.35. The molecule has 5 N–H and O–H groups in total. The van der Waals surface area contributed by atoms with Crippen LogP contribution in [0.5, 0.6) is 5.75 Å². The summed E-state index contributed by atoms with van der Waals surface area (Å²) in [4.78, 5) is 32.2. The van der Waals surface area contributed by atoms with Gasteiger partial charge in [-0.25, -0.2) is 9.78 Å². The van der Waals surface area contributed by atoms with E-state index in [1.807, 2.05) is 110 Å². The highest BCUT2D eigenvalue weighted by atomic mass is 16.5. The standard InChI is InChI=1S/C34H34N6O3/c1-3-43-29-14-8-10-25(21-29)31(38-27-15-16-30-24(20-27)17-18-36-32(30)35)33(41)37-22-23-9-7-11-26(19-23)39-34(42)40(2)28-12-5-4-6-13-28/h4-21,31,38H,3,22H2,1-2H3,(H2,35,36)(H,37,41)(H,39,42). The first-order chi connectivity index (χ1) is 20.9. The van der Waals surface area contributed by atoms with Crippen LogP contribution in [0.1, 0.15) is 24.1 Å². The summed E-state index contributed by atoms with van der Waals surface area (Å²) in [6, 6.07) is 30.9. The van der Waals surface area contributed by atoms with E-state index in [0.717, 1.165) is 33.3 Å². The van der Waals surface area contributed by atoms with E-state index in [4.69, 9.17) is 10.5 Å². The molecular weight excluding hydrogens is 540 g/mol. The fourth-order valence-electron chi connectivity index (χ4n) is 4.74. The number of amides is 3. The molecule has 218 valence electrons. The highest BCUT2D eigenvalue weighted by Crippen LogP contribution is 2.28. The van der Waals surface area contributed by atoms with Crippen LogP contribution in [-0.2, 0) is 11.3 Å². The molecule has 0 aliphatic heterocycles. The zero-order valence-corrected chi connectivity index (χ0v) is 24.1. The lowest BCUT2D eigenvalue weighted by molar-refractivity contribution is -0.122. The molecule has 1 atom stereocenters. The van der Waals surface area contributed by atoms with Crippen molar-refractivity contribution in [2.24, 2.45) is 0 Å². The van der Waals surface area contributed by atoms with E-state index in [-0.39, 0.29) is 18.5 Å². The Kier molecular flexibility index (Phi) is 9.02. The number of ether oxygens (including phenoxy) is 1. The molecule has 0 saturated heterocycles. The van der Waals surface area contributed by atoms with Crippen LogP contribution < -0.4 is 31.3 Å². The number of hydrogen-bond donors (Lipinski definition) is 4. The number of pyridine rings is 1. The molecule has 5 aromatic rings. The second-order valence-electron chi connectivity index (χ2n) is 9.96. The van der Waals surface area contributed by atoms with Gasteiger partial charge in [0.25, 0.3) is 0 Å². The Balaban J connectivity index is 1.32. The molecule has 5 rings (SSSR count). The Morgan fingerprint density at radius 1 is 0.907 bits per heavy atom. The van der Waals surface area contributed by atoms with Crippen molar-refractivity contribution < 1.29 is 14.3 Å². The number of nitrogens with two attached hydrogens (primary N) is 1. The van der Waals surface area contributed by atoms with Gasteiger partial charge in [-0.1, -0.05) is 42.5 Å². The number of carbonyl (C=O) groups excluding carboxylic acids is 2. The predicted molar refractivity (Wildman–Crippen MR) is 172 cm³/mol. The number of rotatable bonds is 10. The van der Waals surface area contributed by atoms with Crippen molar-refractivity contribution in [2.75, 3.05) is 34.9 Å². The fourth-order valence-corrected chi connectivity index (χ4v) is 4.74. The third kappa shape index (κ3) is 7.20. The fraction of sp³-hybridized carbons (Fsp3) is 0.147. The number of anilines is 4. The van der Waals surface area contributed by atoms with Crippen LogP contribution in [-0.4, -0.2) is 30.6 Å². The van der Waals surface area contributed by atoms with Gasteiger partial charge in [-0.15, -0.1) is 0 Å². The summed E-state index contributed by atoms with van der Waals surface area (Å²) in [5.74, 6) is 0.912. The van der Waals surface area contributed by atoms with Crippen LogP contribution in [0.2, 0.25) is 0 Å². The van der Waals surface area contributed by atoms with E-state index in [9.17, 15) is 9.59 Å². The van der Waals surface area contributed by atoms with Gasteiger partial charge in [-0.05, 0) is 84.1 Å². The molecule has 0 fully saturated rings. The molecule has 1 aromatic heterocycles. The first-order valence-electron chi connectivity index (χ1n) is 14.0. The van der Waals surface area contributed by atoms with Crippen LogP contribution in [0.15, 0.2) is 109 Å². The lowest BCUT2D eigenvalue weighted by Gasteiger charge is -2.21. The summed E-state index contributed by atoms with van der Waals surface area (Å²) >= 11 is 0. The summed E-state index contributed by atoms with van der Waals surface area (Å²) in [5.41, 5.74) is 9.78. The molecule has 0 aliphatic carbocycles. The van der Waals surface area contributed by atoms with Gasteiger partial charge in [0.15, 0.2) is 0 Å². The van der Waals surface area contributed by atoms with Crippen molar-refractivity contribution in [1.29, 1.82) is 0 Å². The Labute approximate surface area is 250 Å². The number of para-hydroxylation sites is 1. The summed E-state index contributed by atoms with van der Waals surface area (Å²) in [6.45, 7) is 2.70. The summed E-state index contributed by atoms with van der Waals surface area (Å²) in [6.07, 6.45) is 1.66. The number of fused-ring (bicyclic) bond motifs is 1. The number of aromatic nitrogens is 1. The van der Waals surface area contributed by atoms with Gasteiger partial charge in [-0.3, -0.25) is 9.69 Å². The second-order valence-corrected chi connectivity index (χ2v) is 9.96. The van der Waals surface area contributed by atoms with Crippen molar-refractivity contribution in [1.82, 2.24) is 10.3 Å². The number of benzene rings is 4. The van der Waals surface area contributed by atoms with Crippen molar-refractivity contribution in [3.05, 3.63) is 120 Å². The monoisotopic (exact) mass is 574 g/mol. The molecule has 9 nitrogen and oxygen atoms in total. The van der Waals surface area contributed by atoms with Crippen LogP contribution in [0, 0.1) is 0 Å². The van der Waals surface area contributed by atoms with Gasteiger partial charge in [0.1, 0.15) is 17.6 Å². The van der Waals surface area contributed by atoms with Crippen LogP contribution in [0.4, 0.5) is 27.7 Å². The summed E-state index contributed by atoms with van der Waals surface area (Å²) < 4.78 is 5.70. The van der Waals surface area contributed by atoms with Crippen LogP contribution >= 0.6 is 0 Å². The molecule has 0 radical (unpaired) electrons. The lowest BCUT2D eigenvalue weighted by atomic mass is 10.0. The van der Waals surface area contributed by atoms with Crippen LogP contribution in [0.3, 0.4) is 0 Å². The average molecular weight is 575 g/mol. The van der Waals surface area contributed by atoms with Crippen molar-refractivity contribution in [3.63, 3.8) is 0 Å². The molecular formula is C34H34N6O3. The second kappa shape index (κ2) is 13.4. The SMILES string of the molecule is CCOc1cccc(C(Nc2ccc3c(N)nccc3c2)C(=O)NCc2cccc(NC(=O)N(C)c3ccccc3)c2)c1. The van der Waals surface area contributed by atoms with Crippen LogP contribution in [0.25, 0.3) is 10.8 Å². The van der Waals surface area contributed by atoms with E-state index >= 15 is 0 Å². The minimum Gasteiger partial charge on any atom is -0.494 e. The number of nitrogen functional groups attached to an aromatic ring is 1. The van der Waals surface area contributed by atoms with E-state index < -0.39 is 6.04 Å². The van der Waals surface area contributed by atoms with Gasteiger partial charge in [0, 0.05) is 42.2 Å². The maximum atomic E-state index is 13.7. The normalized spacial score (nSPS) is 11.4. The topological polar surface area (TPSA) is 122 Å². The third-order valence-electron chi connectivity index (χ3n) is 6.96. The molecule has 9 heteroatoms. The Morgan fingerprint density at radius 2 is 1.72 bits per heavy atom. The number of carbonyl (C=O) groups is 2. The zero-order chi connectivity index (χ0) is 30.2. The summed E-state index contributed by atoms with van der Waals surface area (Å²) in [5, 5.41) is 11.1. The molecule has 1 heterocycles. The van der Waals surface area contributed by atoms with Gasteiger partial charge in [0.05, 0.1) is 6.61 Å². The lowest BCUT2D eigenvalue weighted by Crippen LogP contribution is -2.33. The molecule has 0 saturated carbocycles. The minimum absolute atomic E-state index is 0.221. The molecule has 43 heavy (non-hydrogen) atoms. The van der Waals surface area contributed by atoms with E-state index in [1.54, 1.807) is 18.1 Å². The highest BCUT2D eigenvalue weighted by molar-refractivity contribution is 6.01. The number of urea groups is 1. The van der Waals surface area contributed by atoms with Crippen molar-refractivity contribution >= 4 is 45.6 Å². The third-order valence-corrected chi connectivity index (χ3v) is 6.96. The maximum Gasteiger partial charge on any atom is 0.326 e. The molecule has 0 bridgehead atoms. The van der Waals surface area contributed by atoms with Gasteiger partial charge in [-0.2, -0.15) is 0 Å². The molecule has 3 amide bonds. The van der Waals surface area contributed by atoms with Crippen molar-refractivity contribution in [2.45, 2.75) is 19.5 Å². The van der Waals surface area contributed by atoms with Gasteiger partial charge in [0.2, 0.25) is 5.91 Å². The zero-order valence-electron chi connectivity index (χ0n) is 24.1. The van der Waals surface area contributed by atoms with Gasteiger partial charge >= 0.3 is 6.03 Å². The Hall–Kier alpha value is -5.57. The summed E-state index contributed by atoms with van der Waals surface area (Å²) in [7, 11) is 1.71. The maximum absolute atomic E-state index is 13.7. The Morgan fingerprint density at radius 3 is 2.53 bits per heavy atom. The van der Waals surface area contributed by atoms with Crippen molar-refractivity contribution in [3.8, 4) is 5.75 Å². The smallest absolute Gasteiger partial charge is 0.326 e. The van der Waals surface area contributed by atoms with Gasteiger partial charge < -0.3 is 26.4 Å². The average Bonchev–Trinajstić information content (AvgIpc) is 3.03. The van der Waals surface area contributed by atoms with E-state index in [1.165, 1.54) is 0 Å². The Bertz CT molecular complexity index is 1730. The molecule has 4 aromatic carbocycles. The number of hydrogen-bond acceptors (Lipinski definition) is 6. The minimum atomic E-state index is -0.709. The largest absolute Gasteiger partial charge is 0.494 e. The first-order valence-corrected chi connectivity index (χ1v) is 14.0. The first kappa shape index (κ1) is 28.9.